The molecule has 1 aliphatic rings. The van der Waals surface area contributed by atoms with Crippen molar-refractivity contribution in [2.24, 2.45) is 0 Å². The molecule has 0 aromatic rings. The predicted octanol–water partition coefficient (Wildman–Crippen LogP) is 6.40. The van der Waals surface area contributed by atoms with E-state index in [1.807, 2.05) is 0 Å². The van der Waals surface area contributed by atoms with Gasteiger partial charge in [0.2, 0.25) is 0 Å². The average Bonchev–Trinajstić information content (AvgIpc) is 2.23. The standard InChI is InChI=1S/C12H17Br3/c13-10-8-6-4-2-1-3-5-7-9-11(14)12(10)15/h8H,1-7,9H2/b10-8+,12-11-. The number of halogens is 3. The summed E-state index contributed by atoms with van der Waals surface area (Å²) in [5, 5.41) is 0. The summed E-state index contributed by atoms with van der Waals surface area (Å²) in [4.78, 5) is 0. The Morgan fingerprint density at radius 3 is 2.13 bits per heavy atom. The Bertz CT molecular complexity index is 254. The highest BCUT2D eigenvalue weighted by molar-refractivity contribution is 9.16. The van der Waals surface area contributed by atoms with Crippen molar-refractivity contribution in [1.29, 1.82) is 0 Å². The van der Waals surface area contributed by atoms with Crippen LogP contribution in [0.3, 0.4) is 0 Å². The lowest BCUT2D eigenvalue weighted by molar-refractivity contribution is 0.598. The van der Waals surface area contributed by atoms with Gasteiger partial charge in [0.05, 0.1) is 0 Å². The van der Waals surface area contributed by atoms with Gasteiger partial charge >= 0.3 is 0 Å². The molecule has 15 heavy (non-hydrogen) atoms. The Morgan fingerprint density at radius 1 is 0.800 bits per heavy atom. The lowest BCUT2D eigenvalue weighted by atomic mass is 10.1. The van der Waals surface area contributed by atoms with Crippen LogP contribution in [0.25, 0.3) is 0 Å². The maximum Gasteiger partial charge on any atom is 0.0415 e. The highest BCUT2D eigenvalue weighted by Crippen LogP contribution is 2.33. The van der Waals surface area contributed by atoms with Crippen LogP contribution >= 0.6 is 47.8 Å². The molecular formula is C12H17Br3. The first-order chi connectivity index (χ1) is 7.22. The van der Waals surface area contributed by atoms with Crippen molar-refractivity contribution in [2.75, 3.05) is 0 Å². The van der Waals surface area contributed by atoms with Gasteiger partial charge in [-0.25, -0.2) is 0 Å². The first kappa shape index (κ1) is 14.0. The first-order valence-corrected chi connectivity index (χ1v) is 8.00. The van der Waals surface area contributed by atoms with Crippen molar-refractivity contribution in [3.05, 3.63) is 19.5 Å². The minimum absolute atomic E-state index is 1.14. The van der Waals surface area contributed by atoms with Crippen molar-refractivity contribution >= 4 is 47.8 Å². The second kappa shape index (κ2) is 8.08. The molecule has 1 aliphatic carbocycles. The van der Waals surface area contributed by atoms with Gasteiger partial charge < -0.3 is 0 Å². The number of rotatable bonds is 0. The minimum Gasteiger partial charge on any atom is -0.0691 e. The highest BCUT2D eigenvalue weighted by Gasteiger charge is 2.05. The number of hydrogen-bond donors (Lipinski definition) is 0. The third kappa shape index (κ3) is 5.69. The summed E-state index contributed by atoms with van der Waals surface area (Å²) in [6.45, 7) is 0. The third-order valence-electron chi connectivity index (χ3n) is 2.62. The molecule has 3 heteroatoms. The Morgan fingerprint density at radius 2 is 1.40 bits per heavy atom. The lowest BCUT2D eigenvalue weighted by Crippen LogP contribution is -1.85. The summed E-state index contributed by atoms with van der Waals surface area (Å²) in [5.74, 6) is 0. The predicted molar refractivity (Wildman–Crippen MR) is 78.8 cm³/mol. The van der Waals surface area contributed by atoms with Crippen LogP contribution in [0.4, 0.5) is 0 Å². The molecule has 0 saturated heterocycles. The van der Waals surface area contributed by atoms with Gasteiger partial charge in [-0.05, 0) is 57.5 Å². The lowest BCUT2D eigenvalue weighted by Gasteiger charge is -2.07. The monoisotopic (exact) mass is 398 g/mol. The second-order valence-electron chi connectivity index (χ2n) is 3.93. The minimum atomic E-state index is 1.14. The molecular weight excluding hydrogens is 384 g/mol. The molecule has 0 saturated carbocycles. The zero-order valence-corrected chi connectivity index (χ0v) is 13.6. The van der Waals surface area contributed by atoms with Crippen LogP contribution in [0, 0.1) is 0 Å². The zero-order chi connectivity index (χ0) is 11.1. The van der Waals surface area contributed by atoms with E-state index in [9.17, 15) is 0 Å². The van der Waals surface area contributed by atoms with E-state index in [2.05, 4.69) is 53.9 Å². The van der Waals surface area contributed by atoms with E-state index in [0.717, 1.165) is 6.42 Å². The van der Waals surface area contributed by atoms with E-state index in [1.54, 1.807) is 0 Å². The third-order valence-corrected chi connectivity index (χ3v) is 6.10. The first-order valence-electron chi connectivity index (χ1n) is 5.62. The van der Waals surface area contributed by atoms with Gasteiger partial charge in [-0.2, -0.15) is 0 Å². The molecule has 0 nitrogen and oxygen atoms in total. The van der Waals surface area contributed by atoms with Crippen molar-refractivity contribution in [2.45, 2.75) is 51.4 Å². The van der Waals surface area contributed by atoms with Crippen LogP contribution in [-0.2, 0) is 0 Å². The number of hydrogen-bond acceptors (Lipinski definition) is 0. The van der Waals surface area contributed by atoms with E-state index in [4.69, 9.17) is 0 Å². The molecule has 0 heterocycles. The molecule has 0 fully saturated rings. The summed E-state index contributed by atoms with van der Waals surface area (Å²) in [6.07, 6.45) is 12.7. The maximum absolute atomic E-state index is 3.65. The Kier molecular flexibility index (Phi) is 7.53. The Hall–Kier alpha value is 0.920. The van der Waals surface area contributed by atoms with Crippen LogP contribution in [0.15, 0.2) is 19.5 Å². The Labute approximate surface area is 118 Å². The van der Waals surface area contributed by atoms with Crippen LogP contribution in [-0.4, -0.2) is 0 Å². The van der Waals surface area contributed by atoms with Crippen LogP contribution in [0.5, 0.6) is 0 Å². The molecule has 0 bridgehead atoms. The van der Waals surface area contributed by atoms with Gasteiger partial charge in [0.25, 0.3) is 0 Å². The largest absolute Gasteiger partial charge is 0.0691 e. The van der Waals surface area contributed by atoms with E-state index in [1.165, 1.54) is 58.4 Å². The van der Waals surface area contributed by atoms with Crippen molar-refractivity contribution in [1.82, 2.24) is 0 Å². The molecule has 0 radical (unpaired) electrons. The fourth-order valence-electron chi connectivity index (χ4n) is 1.69. The fraction of sp³-hybridized carbons (Fsp3) is 0.667. The van der Waals surface area contributed by atoms with Gasteiger partial charge in [-0.15, -0.1) is 0 Å². The summed E-state index contributed by atoms with van der Waals surface area (Å²) in [7, 11) is 0. The summed E-state index contributed by atoms with van der Waals surface area (Å²) in [6, 6.07) is 0. The molecule has 0 aromatic heterocycles. The molecule has 0 unspecified atom stereocenters. The van der Waals surface area contributed by atoms with Gasteiger partial charge in [0.1, 0.15) is 0 Å². The molecule has 86 valence electrons. The number of allylic oxidation sites excluding steroid dienone is 4. The van der Waals surface area contributed by atoms with Gasteiger partial charge in [-0.3, -0.25) is 0 Å². The van der Waals surface area contributed by atoms with Crippen LogP contribution in [0.1, 0.15) is 51.4 Å². The Balaban J connectivity index is 2.65. The van der Waals surface area contributed by atoms with Gasteiger partial charge in [0.15, 0.2) is 0 Å². The maximum atomic E-state index is 3.65. The van der Waals surface area contributed by atoms with E-state index in [0.29, 0.717) is 0 Å². The summed E-state index contributed by atoms with van der Waals surface area (Å²) >= 11 is 10.9. The molecule has 0 N–H and O–H groups in total. The normalized spacial score (nSPS) is 29.9. The van der Waals surface area contributed by atoms with E-state index >= 15 is 0 Å². The summed E-state index contributed by atoms with van der Waals surface area (Å²) in [5.41, 5.74) is 0. The molecule has 0 aliphatic heterocycles. The SMILES string of the molecule is Br/C1=C(Br)/C(Br)=C\CCCCCCCC1. The molecule has 1 rings (SSSR count). The fourth-order valence-corrected chi connectivity index (χ4v) is 3.28. The van der Waals surface area contributed by atoms with E-state index in [-0.39, 0.29) is 0 Å². The zero-order valence-electron chi connectivity index (χ0n) is 8.87. The van der Waals surface area contributed by atoms with E-state index < -0.39 is 0 Å². The summed E-state index contributed by atoms with van der Waals surface area (Å²) < 4.78 is 3.66. The van der Waals surface area contributed by atoms with Crippen LogP contribution in [0.2, 0.25) is 0 Å². The molecule has 0 atom stereocenters. The van der Waals surface area contributed by atoms with Crippen molar-refractivity contribution in [3.8, 4) is 0 Å². The second-order valence-corrected chi connectivity index (χ2v) is 6.54. The topological polar surface area (TPSA) is 0 Å². The smallest absolute Gasteiger partial charge is 0.0415 e. The molecule has 0 aromatic carbocycles. The van der Waals surface area contributed by atoms with Gasteiger partial charge in [-0.1, -0.05) is 47.7 Å². The quantitative estimate of drug-likeness (QED) is 0.441. The average molecular weight is 401 g/mol. The molecule has 0 spiro atoms. The van der Waals surface area contributed by atoms with Crippen molar-refractivity contribution in [3.63, 3.8) is 0 Å². The van der Waals surface area contributed by atoms with Gasteiger partial charge in [0, 0.05) is 13.4 Å². The highest BCUT2D eigenvalue weighted by atomic mass is 79.9. The molecule has 0 amide bonds. The van der Waals surface area contributed by atoms with Crippen molar-refractivity contribution < 1.29 is 0 Å². The van der Waals surface area contributed by atoms with Crippen LogP contribution < -0.4 is 0 Å².